The molecule has 0 saturated carbocycles. The average molecular weight is 565 g/mol. The summed E-state index contributed by atoms with van der Waals surface area (Å²) in [5.74, 6) is -2.35. The van der Waals surface area contributed by atoms with E-state index in [-0.39, 0.29) is 34.7 Å². The number of aliphatic hydroxyl groups excluding tert-OH is 1. The number of nitrogen functional groups attached to an aromatic ring is 1. The Bertz CT molecular complexity index is 1420. The molecule has 1 unspecified atom stereocenters. The third kappa shape index (κ3) is 5.21. The van der Waals surface area contributed by atoms with Crippen LogP contribution in [0.1, 0.15) is 34.5 Å². The van der Waals surface area contributed by atoms with Gasteiger partial charge in [0.05, 0.1) is 11.7 Å². The summed E-state index contributed by atoms with van der Waals surface area (Å²) >= 11 is 0.899. The Morgan fingerprint density at radius 1 is 1.11 bits per heavy atom. The molecular weight excluding hydrogens is 538 g/mol. The molecule has 4 heterocycles. The van der Waals surface area contributed by atoms with Gasteiger partial charge in [0.2, 0.25) is 15.8 Å². The number of hydrogen-bond acceptors (Lipinski definition) is 10. The van der Waals surface area contributed by atoms with Gasteiger partial charge in [0, 0.05) is 38.4 Å². The third-order valence-electron chi connectivity index (χ3n) is 6.68. The molecule has 0 spiro atoms. The topological polar surface area (TPSA) is 142 Å². The van der Waals surface area contributed by atoms with E-state index in [0.29, 0.717) is 43.3 Å². The third-order valence-corrected chi connectivity index (χ3v) is 9.56. The van der Waals surface area contributed by atoms with Crippen LogP contribution in [0.4, 0.5) is 25.5 Å². The summed E-state index contributed by atoms with van der Waals surface area (Å²) in [6.07, 6.45) is 2.54. The Labute approximate surface area is 222 Å². The Morgan fingerprint density at radius 3 is 2.42 bits per heavy atom. The van der Waals surface area contributed by atoms with Crippen molar-refractivity contribution in [3.8, 4) is 0 Å². The van der Waals surface area contributed by atoms with E-state index in [4.69, 9.17) is 5.73 Å². The molecule has 0 radical (unpaired) electrons. The first-order chi connectivity index (χ1) is 18.1. The maximum absolute atomic E-state index is 14.1. The van der Waals surface area contributed by atoms with Gasteiger partial charge in [0.15, 0.2) is 5.13 Å². The van der Waals surface area contributed by atoms with Gasteiger partial charge in [0.25, 0.3) is 0 Å². The molecule has 202 valence electrons. The van der Waals surface area contributed by atoms with Gasteiger partial charge in [-0.15, -0.1) is 0 Å². The maximum Gasteiger partial charge on any atom is 0.244 e. The number of nitrogens with one attached hydrogen (secondary N) is 1. The van der Waals surface area contributed by atoms with E-state index >= 15 is 0 Å². The van der Waals surface area contributed by atoms with Gasteiger partial charge in [-0.1, -0.05) is 17.4 Å². The quantitative estimate of drug-likeness (QED) is 0.369. The molecule has 4 N–H and O–H groups in total. The van der Waals surface area contributed by atoms with Crippen LogP contribution < -0.4 is 16.0 Å². The van der Waals surface area contributed by atoms with Crippen molar-refractivity contribution in [2.45, 2.75) is 36.3 Å². The fraction of sp³-hybridized carbons (Fsp3) is 0.375. The summed E-state index contributed by atoms with van der Waals surface area (Å²) in [5, 5.41) is 13.2. The summed E-state index contributed by atoms with van der Waals surface area (Å²) < 4.78 is 55.8. The van der Waals surface area contributed by atoms with E-state index in [1.165, 1.54) is 22.6 Å². The van der Waals surface area contributed by atoms with Gasteiger partial charge >= 0.3 is 0 Å². The zero-order chi connectivity index (χ0) is 27.0. The Hall–Kier alpha value is -3.20. The minimum Gasteiger partial charge on any atom is -0.391 e. The number of aliphatic hydroxyl groups is 1. The Balaban J connectivity index is 1.21. The van der Waals surface area contributed by atoms with Crippen LogP contribution in [0.2, 0.25) is 0 Å². The van der Waals surface area contributed by atoms with E-state index in [1.807, 2.05) is 4.90 Å². The first-order valence-corrected chi connectivity index (χ1v) is 14.3. The van der Waals surface area contributed by atoms with Gasteiger partial charge in [-0.3, -0.25) is 4.79 Å². The number of anilines is 3. The fourth-order valence-corrected chi connectivity index (χ4v) is 6.93. The number of aromatic nitrogens is 2. The van der Waals surface area contributed by atoms with E-state index in [9.17, 15) is 27.1 Å². The largest absolute Gasteiger partial charge is 0.391 e. The van der Waals surface area contributed by atoms with Gasteiger partial charge in [-0.2, -0.15) is 4.31 Å². The van der Waals surface area contributed by atoms with Crippen LogP contribution in [-0.4, -0.2) is 71.9 Å². The number of rotatable bonds is 7. The molecule has 0 aliphatic carbocycles. The number of sulfonamides is 1. The summed E-state index contributed by atoms with van der Waals surface area (Å²) in [5.41, 5.74) is 5.18. The predicted molar refractivity (Wildman–Crippen MR) is 139 cm³/mol. The van der Waals surface area contributed by atoms with Crippen molar-refractivity contribution in [1.29, 1.82) is 0 Å². The van der Waals surface area contributed by atoms with Crippen molar-refractivity contribution >= 4 is 43.9 Å². The highest BCUT2D eigenvalue weighted by atomic mass is 32.2. The van der Waals surface area contributed by atoms with Crippen LogP contribution in [0.15, 0.2) is 41.4 Å². The molecule has 3 aromatic rings. The zero-order valence-corrected chi connectivity index (χ0v) is 21.8. The number of carbonyl (C=O) groups is 1. The molecule has 14 heteroatoms. The van der Waals surface area contributed by atoms with Crippen LogP contribution in [0.25, 0.3) is 0 Å². The molecule has 0 bridgehead atoms. The lowest BCUT2D eigenvalue weighted by molar-refractivity contribution is 0.103. The molecular formula is C24H26F2N6O4S2. The van der Waals surface area contributed by atoms with Crippen molar-refractivity contribution in [2.24, 2.45) is 0 Å². The normalized spacial score (nSPS) is 19.1. The van der Waals surface area contributed by atoms with Crippen molar-refractivity contribution in [3.05, 3.63) is 58.6 Å². The van der Waals surface area contributed by atoms with Crippen molar-refractivity contribution in [1.82, 2.24) is 14.3 Å². The number of thiazole rings is 1. The first kappa shape index (κ1) is 26.4. The number of hydrogen-bond donors (Lipinski definition) is 3. The first-order valence-electron chi connectivity index (χ1n) is 12.0. The predicted octanol–water partition coefficient (Wildman–Crippen LogP) is 2.47. The van der Waals surface area contributed by atoms with Gasteiger partial charge in [0.1, 0.15) is 33.0 Å². The van der Waals surface area contributed by atoms with Gasteiger partial charge in [-0.25, -0.2) is 27.2 Å². The Morgan fingerprint density at radius 2 is 1.82 bits per heavy atom. The molecule has 0 amide bonds. The molecule has 1 atom stereocenters. The molecule has 2 aliphatic heterocycles. The lowest BCUT2D eigenvalue weighted by atomic mass is 10.1. The molecule has 2 aromatic heterocycles. The number of piperidine rings is 1. The van der Waals surface area contributed by atoms with Crippen LogP contribution in [-0.2, 0) is 10.0 Å². The van der Waals surface area contributed by atoms with Crippen LogP contribution in [0.3, 0.4) is 0 Å². The smallest absolute Gasteiger partial charge is 0.244 e. The van der Waals surface area contributed by atoms with Gasteiger partial charge < -0.3 is 21.1 Å². The lowest BCUT2D eigenvalue weighted by Crippen LogP contribution is -2.42. The number of nitrogens with two attached hydrogens (primary N) is 1. The van der Waals surface area contributed by atoms with Crippen LogP contribution >= 0.6 is 11.3 Å². The van der Waals surface area contributed by atoms with E-state index in [0.717, 1.165) is 23.5 Å². The molecule has 2 fully saturated rings. The SMILES string of the molecule is Nc1nc(NC2CCN(S(=O)(=O)c3ccc(N4CCC(O)C4)nc3)CC2)sc1C(=O)c1c(F)cccc1F. The highest BCUT2D eigenvalue weighted by Gasteiger charge is 2.31. The van der Waals surface area contributed by atoms with Gasteiger partial charge in [-0.05, 0) is 43.5 Å². The number of halogens is 2. The zero-order valence-electron chi connectivity index (χ0n) is 20.2. The number of carbonyl (C=O) groups excluding carboxylic acids is 1. The minimum atomic E-state index is -3.74. The lowest BCUT2D eigenvalue weighted by Gasteiger charge is -2.31. The molecule has 2 saturated heterocycles. The summed E-state index contributed by atoms with van der Waals surface area (Å²) in [4.78, 5) is 23.1. The van der Waals surface area contributed by atoms with Crippen molar-refractivity contribution < 1.29 is 27.1 Å². The number of benzene rings is 1. The second-order valence-electron chi connectivity index (χ2n) is 9.22. The molecule has 38 heavy (non-hydrogen) atoms. The second kappa shape index (κ2) is 10.5. The number of ketones is 1. The number of pyridine rings is 1. The van der Waals surface area contributed by atoms with Crippen molar-refractivity contribution in [3.63, 3.8) is 0 Å². The van der Waals surface area contributed by atoms with E-state index in [1.54, 1.807) is 6.07 Å². The second-order valence-corrected chi connectivity index (χ2v) is 12.2. The van der Waals surface area contributed by atoms with Crippen LogP contribution in [0, 0.1) is 11.6 Å². The Kier molecular flexibility index (Phi) is 7.31. The average Bonchev–Trinajstić information content (AvgIpc) is 3.49. The minimum absolute atomic E-state index is 0.0732. The van der Waals surface area contributed by atoms with Crippen LogP contribution in [0.5, 0.6) is 0 Å². The maximum atomic E-state index is 14.1. The monoisotopic (exact) mass is 564 g/mol. The van der Waals surface area contributed by atoms with E-state index in [2.05, 4.69) is 15.3 Å². The molecule has 5 rings (SSSR count). The molecule has 10 nitrogen and oxygen atoms in total. The van der Waals surface area contributed by atoms with E-state index < -0.39 is 39.1 Å². The highest BCUT2D eigenvalue weighted by molar-refractivity contribution is 7.89. The fourth-order valence-electron chi connectivity index (χ4n) is 4.61. The number of β-amino-alcohol motifs (C(OH)–C–C–N with tert-alkyl or cyclic N) is 1. The standard InChI is InChI=1S/C24H26F2N6O4S2/c25-17-2-1-3-18(26)20(17)21(34)22-23(27)30-24(37-22)29-14-6-10-32(11-7-14)38(35,36)16-4-5-19(28-12-16)31-9-8-15(33)13-31/h1-5,12,14-15,33H,6-11,13,27H2,(H,29,30). The summed E-state index contributed by atoms with van der Waals surface area (Å²) in [7, 11) is -3.74. The number of nitrogens with zero attached hydrogens (tertiary/aromatic N) is 4. The molecule has 2 aliphatic rings. The summed E-state index contributed by atoms with van der Waals surface area (Å²) in [6.45, 7) is 1.65. The highest BCUT2D eigenvalue weighted by Crippen LogP contribution is 2.31. The van der Waals surface area contributed by atoms with Crippen molar-refractivity contribution in [2.75, 3.05) is 42.1 Å². The molecule has 1 aromatic carbocycles. The summed E-state index contributed by atoms with van der Waals surface area (Å²) in [6, 6.07) is 6.21.